The lowest BCUT2D eigenvalue weighted by atomic mass is 10.0. The number of aromatic nitrogens is 3. The van der Waals surface area contributed by atoms with Crippen molar-refractivity contribution in [3.05, 3.63) is 71.8 Å². The minimum atomic E-state index is -0.664. The molecule has 1 fully saturated rings. The quantitative estimate of drug-likeness (QED) is 0.469. The van der Waals surface area contributed by atoms with Gasteiger partial charge in [-0.3, -0.25) is 14.7 Å². The number of rotatable bonds is 9. The zero-order valence-corrected chi connectivity index (χ0v) is 19.6. The molecule has 2 aromatic heterocycles. The van der Waals surface area contributed by atoms with Crippen LogP contribution in [0.3, 0.4) is 0 Å². The fourth-order valence-corrected chi connectivity index (χ4v) is 3.73. The first-order chi connectivity index (χ1) is 17.0. The number of pyridine rings is 1. The van der Waals surface area contributed by atoms with Crippen LogP contribution >= 0.6 is 0 Å². The van der Waals surface area contributed by atoms with Gasteiger partial charge < -0.3 is 15.0 Å². The third kappa shape index (κ3) is 7.24. The van der Waals surface area contributed by atoms with Crippen LogP contribution in [0.5, 0.6) is 6.01 Å². The second-order valence-electron chi connectivity index (χ2n) is 8.47. The van der Waals surface area contributed by atoms with Crippen molar-refractivity contribution in [1.82, 2.24) is 30.1 Å². The maximum Gasteiger partial charge on any atom is 0.319 e. The highest BCUT2D eigenvalue weighted by molar-refractivity contribution is 5.78. The van der Waals surface area contributed by atoms with Crippen molar-refractivity contribution in [3.63, 3.8) is 0 Å². The van der Waals surface area contributed by atoms with Crippen LogP contribution in [0.1, 0.15) is 11.3 Å². The summed E-state index contributed by atoms with van der Waals surface area (Å²) in [4.78, 5) is 28.8. The summed E-state index contributed by atoms with van der Waals surface area (Å²) in [6.45, 7) is 5.29. The first-order valence-electron chi connectivity index (χ1n) is 11.5. The molecule has 1 amide bonds. The topological polar surface area (TPSA) is 83.5 Å². The highest BCUT2D eigenvalue weighted by Crippen LogP contribution is 2.23. The zero-order chi connectivity index (χ0) is 24.6. The lowest BCUT2D eigenvalue weighted by Gasteiger charge is -2.31. The van der Waals surface area contributed by atoms with Gasteiger partial charge >= 0.3 is 6.01 Å². The van der Waals surface area contributed by atoms with Crippen LogP contribution in [0.2, 0.25) is 0 Å². The smallest absolute Gasteiger partial charge is 0.319 e. The Morgan fingerprint density at radius 1 is 1.09 bits per heavy atom. The standard InChI is InChI=1S/C25H28F2N6O2/c1-32-8-10-33(11-9-32)12-13-35-25-30-17-22(24(27)31-25)19-4-2-18(3-5-19)14-23(34)29-16-21-15-20(26)6-7-28-21/h2-7,15,17H,8-14,16H2,1H3,(H,29,34). The molecule has 0 saturated carbocycles. The molecule has 0 spiro atoms. The average molecular weight is 483 g/mol. The van der Waals surface area contributed by atoms with Crippen molar-refractivity contribution in [3.8, 4) is 17.1 Å². The van der Waals surface area contributed by atoms with Crippen LogP contribution in [0.4, 0.5) is 8.78 Å². The van der Waals surface area contributed by atoms with Crippen molar-refractivity contribution in [1.29, 1.82) is 0 Å². The van der Waals surface area contributed by atoms with E-state index in [1.165, 1.54) is 24.5 Å². The number of piperazine rings is 1. The summed E-state index contributed by atoms with van der Waals surface area (Å²) in [5.74, 6) is -1.29. The van der Waals surface area contributed by atoms with Crippen LogP contribution in [-0.2, 0) is 17.8 Å². The number of amides is 1. The van der Waals surface area contributed by atoms with E-state index in [-0.39, 0.29) is 30.4 Å². The number of halogens is 2. The van der Waals surface area contributed by atoms with Crippen molar-refractivity contribution < 1.29 is 18.3 Å². The zero-order valence-electron chi connectivity index (χ0n) is 19.6. The van der Waals surface area contributed by atoms with Gasteiger partial charge in [-0.25, -0.2) is 9.37 Å². The number of ether oxygens (including phenoxy) is 1. The average Bonchev–Trinajstić information content (AvgIpc) is 2.85. The summed E-state index contributed by atoms with van der Waals surface area (Å²) in [5.41, 5.74) is 2.05. The summed E-state index contributed by atoms with van der Waals surface area (Å²) >= 11 is 0. The van der Waals surface area contributed by atoms with Gasteiger partial charge in [0.25, 0.3) is 0 Å². The minimum absolute atomic E-state index is 0.0152. The molecule has 0 bridgehead atoms. The Hall–Kier alpha value is -3.50. The highest BCUT2D eigenvalue weighted by Gasteiger charge is 2.15. The number of likely N-dealkylation sites (N-methyl/N-ethyl adjacent to an activating group) is 1. The van der Waals surface area contributed by atoms with E-state index >= 15 is 0 Å². The van der Waals surface area contributed by atoms with Crippen molar-refractivity contribution >= 4 is 5.91 Å². The molecule has 1 aromatic carbocycles. The van der Waals surface area contributed by atoms with Crippen molar-refractivity contribution in [2.45, 2.75) is 13.0 Å². The van der Waals surface area contributed by atoms with Crippen LogP contribution in [-0.4, -0.2) is 77.0 Å². The Balaban J connectivity index is 1.26. The molecule has 35 heavy (non-hydrogen) atoms. The van der Waals surface area contributed by atoms with E-state index < -0.39 is 11.8 Å². The Morgan fingerprint density at radius 2 is 1.86 bits per heavy atom. The minimum Gasteiger partial charge on any atom is -0.462 e. The normalized spacial score (nSPS) is 14.6. The monoisotopic (exact) mass is 482 g/mol. The highest BCUT2D eigenvalue weighted by atomic mass is 19.1. The molecule has 0 aliphatic carbocycles. The van der Waals surface area contributed by atoms with Crippen molar-refractivity contribution in [2.24, 2.45) is 0 Å². The molecule has 3 aromatic rings. The van der Waals surface area contributed by atoms with E-state index in [9.17, 15) is 13.6 Å². The van der Waals surface area contributed by atoms with Gasteiger partial charge in [-0.15, -0.1) is 0 Å². The Labute approximate surface area is 203 Å². The van der Waals surface area contributed by atoms with E-state index in [1.54, 1.807) is 24.3 Å². The van der Waals surface area contributed by atoms with Crippen LogP contribution in [0.15, 0.2) is 48.8 Å². The number of hydrogen-bond donors (Lipinski definition) is 1. The lowest BCUT2D eigenvalue weighted by molar-refractivity contribution is -0.120. The third-order valence-corrected chi connectivity index (χ3v) is 5.83. The number of nitrogens with one attached hydrogen (secondary N) is 1. The fourth-order valence-electron chi connectivity index (χ4n) is 3.73. The van der Waals surface area contributed by atoms with E-state index in [4.69, 9.17) is 4.74 Å². The molecular formula is C25H28F2N6O2. The number of hydrogen-bond acceptors (Lipinski definition) is 7. The van der Waals surface area contributed by atoms with Crippen molar-refractivity contribution in [2.75, 3.05) is 46.4 Å². The molecule has 0 atom stereocenters. The van der Waals surface area contributed by atoms with E-state index in [1.807, 2.05) is 0 Å². The predicted molar refractivity (Wildman–Crippen MR) is 127 cm³/mol. The van der Waals surface area contributed by atoms with E-state index in [0.29, 0.717) is 17.9 Å². The van der Waals surface area contributed by atoms with Gasteiger partial charge in [-0.1, -0.05) is 24.3 Å². The molecule has 1 aliphatic rings. The SMILES string of the molecule is CN1CCN(CCOc2ncc(-c3ccc(CC(=O)NCc4cc(F)ccn4)cc3)c(F)n2)CC1. The second-order valence-corrected chi connectivity index (χ2v) is 8.47. The first kappa shape index (κ1) is 24.6. The summed E-state index contributed by atoms with van der Waals surface area (Å²) in [6.07, 6.45) is 2.89. The molecule has 3 heterocycles. The molecule has 4 rings (SSSR count). The summed E-state index contributed by atoms with van der Waals surface area (Å²) in [7, 11) is 2.10. The fraction of sp³-hybridized carbons (Fsp3) is 0.360. The third-order valence-electron chi connectivity index (χ3n) is 5.83. The van der Waals surface area contributed by atoms with Gasteiger partial charge in [0.1, 0.15) is 12.4 Å². The molecule has 0 radical (unpaired) electrons. The number of carbonyl (C=O) groups excluding carboxylic acids is 1. The van der Waals surface area contributed by atoms with E-state index in [2.05, 4.69) is 37.1 Å². The Kier molecular flexibility index (Phi) is 8.27. The van der Waals surface area contributed by atoms with Crippen LogP contribution < -0.4 is 10.1 Å². The van der Waals surface area contributed by atoms with Crippen LogP contribution in [0.25, 0.3) is 11.1 Å². The van der Waals surface area contributed by atoms with Gasteiger partial charge in [0.15, 0.2) is 0 Å². The molecule has 1 N–H and O–H groups in total. The maximum absolute atomic E-state index is 14.6. The number of nitrogens with zero attached hydrogens (tertiary/aromatic N) is 5. The summed E-state index contributed by atoms with van der Waals surface area (Å²) in [6, 6.07) is 9.46. The summed E-state index contributed by atoms with van der Waals surface area (Å²) in [5, 5.41) is 2.71. The molecule has 1 aliphatic heterocycles. The molecule has 8 nitrogen and oxygen atoms in total. The van der Waals surface area contributed by atoms with Crippen LogP contribution in [0, 0.1) is 11.8 Å². The number of benzene rings is 1. The predicted octanol–water partition coefficient (Wildman–Crippen LogP) is 2.30. The molecule has 1 saturated heterocycles. The Bertz CT molecular complexity index is 1140. The molecule has 184 valence electrons. The molecular weight excluding hydrogens is 454 g/mol. The summed E-state index contributed by atoms with van der Waals surface area (Å²) < 4.78 is 33.4. The second kappa shape index (κ2) is 11.8. The van der Waals surface area contributed by atoms with Gasteiger partial charge in [0.05, 0.1) is 24.2 Å². The largest absolute Gasteiger partial charge is 0.462 e. The Morgan fingerprint density at radius 3 is 2.57 bits per heavy atom. The maximum atomic E-state index is 14.6. The van der Waals surface area contributed by atoms with Gasteiger partial charge in [0.2, 0.25) is 11.9 Å². The first-order valence-corrected chi connectivity index (χ1v) is 11.5. The van der Waals surface area contributed by atoms with E-state index in [0.717, 1.165) is 38.3 Å². The van der Waals surface area contributed by atoms with Gasteiger partial charge in [-0.05, 0) is 30.3 Å². The lowest BCUT2D eigenvalue weighted by Crippen LogP contribution is -2.45. The number of carbonyl (C=O) groups is 1. The molecule has 10 heteroatoms. The van der Waals surface area contributed by atoms with Gasteiger partial charge in [-0.2, -0.15) is 9.37 Å². The molecule has 0 unspecified atom stereocenters. The van der Waals surface area contributed by atoms with Gasteiger partial charge in [0, 0.05) is 45.1 Å².